The van der Waals surface area contributed by atoms with Crippen LogP contribution in [0.25, 0.3) is 0 Å². The topological polar surface area (TPSA) is 55.1 Å². The minimum atomic E-state index is -0.376. The van der Waals surface area contributed by atoms with Crippen molar-refractivity contribution in [1.82, 2.24) is 0 Å². The van der Waals surface area contributed by atoms with Crippen LogP contribution in [0.2, 0.25) is 0 Å². The first kappa shape index (κ1) is 17.7. The Balaban J connectivity index is 0.00000200. The lowest BCUT2D eigenvalue weighted by Gasteiger charge is -2.37. The molecule has 1 aliphatic rings. The van der Waals surface area contributed by atoms with E-state index in [1.807, 2.05) is 26.0 Å². The molecule has 0 heterocycles. The monoisotopic (exact) mass is 408 g/mol. The molecule has 0 aromatic heterocycles. The zero-order valence-electron chi connectivity index (χ0n) is 11.9. The molecule has 1 aliphatic carbocycles. The summed E-state index contributed by atoms with van der Waals surface area (Å²) in [6.07, 6.45) is 4.04. The molecule has 1 aromatic carbocycles. The number of halogens is 2. The van der Waals surface area contributed by atoms with Crippen LogP contribution in [0.3, 0.4) is 0 Å². The lowest BCUT2D eigenvalue weighted by Crippen LogP contribution is -2.51. The summed E-state index contributed by atoms with van der Waals surface area (Å²) in [6, 6.07) is 6.04. The van der Waals surface area contributed by atoms with Gasteiger partial charge in [0.05, 0.1) is 5.92 Å². The summed E-state index contributed by atoms with van der Waals surface area (Å²) < 4.78 is 1.18. The maximum atomic E-state index is 12.4. The molecule has 20 heavy (non-hydrogen) atoms. The first-order valence-electron chi connectivity index (χ1n) is 6.76. The van der Waals surface area contributed by atoms with Crippen molar-refractivity contribution in [3.63, 3.8) is 0 Å². The van der Waals surface area contributed by atoms with Crippen LogP contribution >= 0.6 is 35.0 Å². The van der Waals surface area contributed by atoms with Gasteiger partial charge in [-0.05, 0) is 73.0 Å². The number of carbonyl (C=O) groups excluding carboxylic acids is 1. The fraction of sp³-hybridized carbons (Fsp3) is 0.533. The minimum Gasteiger partial charge on any atom is -0.326 e. The van der Waals surface area contributed by atoms with Gasteiger partial charge < -0.3 is 11.1 Å². The van der Waals surface area contributed by atoms with Gasteiger partial charge in [-0.3, -0.25) is 4.79 Å². The van der Waals surface area contributed by atoms with Crippen LogP contribution in [0.5, 0.6) is 0 Å². The van der Waals surface area contributed by atoms with E-state index in [2.05, 4.69) is 34.0 Å². The number of amides is 1. The summed E-state index contributed by atoms with van der Waals surface area (Å²) in [5.74, 6) is -0.0195. The van der Waals surface area contributed by atoms with Gasteiger partial charge in [0, 0.05) is 14.8 Å². The van der Waals surface area contributed by atoms with Crippen molar-refractivity contribution in [3.05, 3.63) is 27.3 Å². The molecule has 112 valence electrons. The van der Waals surface area contributed by atoms with Gasteiger partial charge in [-0.25, -0.2) is 0 Å². The summed E-state index contributed by atoms with van der Waals surface area (Å²) in [5.41, 5.74) is 7.89. The zero-order chi connectivity index (χ0) is 14.0. The van der Waals surface area contributed by atoms with Crippen molar-refractivity contribution in [2.24, 2.45) is 11.7 Å². The minimum absolute atomic E-state index is 0. The van der Waals surface area contributed by atoms with E-state index in [0.717, 1.165) is 36.9 Å². The molecule has 0 radical (unpaired) electrons. The predicted octanol–water partition coefficient (Wildman–Crippen LogP) is 3.87. The van der Waals surface area contributed by atoms with E-state index in [1.165, 1.54) is 3.57 Å². The van der Waals surface area contributed by atoms with Gasteiger partial charge in [0.15, 0.2) is 0 Å². The van der Waals surface area contributed by atoms with E-state index >= 15 is 0 Å². The zero-order valence-corrected chi connectivity index (χ0v) is 14.9. The van der Waals surface area contributed by atoms with Crippen molar-refractivity contribution in [2.75, 3.05) is 5.32 Å². The van der Waals surface area contributed by atoms with E-state index in [-0.39, 0.29) is 29.8 Å². The lowest BCUT2D eigenvalue weighted by molar-refractivity contribution is -0.122. The third-order valence-corrected chi connectivity index (χ3v) is 4.69. The summed E-state index contributed by atoms with van der Waals surface area (Å²) in [7, 11) is 0. The molecular weight excluding hydrogens is 387 g/mol. The molecule has 1 amide bonds. The van der Waals surface area contributed by atoms with Crippen LogP contribution in [0.1, 0.15) is 38.2 Å². The molecule has 1 aromatic rings. The molecule has 1 fully saturated rings. The number of benzene rings is 1. The molecule has 0 saturated heterocycles. The highest BCUT2D eigenvalue weighted by Crippen LogP contribution is 2.32. The van der Waals surface area contributed by atoms with Crippen molar-refractivity contribution in [3.8, 4) is 0 Å². The number of aryl methyl sites for hydroxylation is 1. The number of carbonyl (C=O) groups is 1. The average Bonchev–Trinajstić information content (AvgIpc) is 2.32. The first-order chi connectivity index (χ1) is 8.90. The Morgan fingerprint density at radius 1 is 1.45 bits per heavy atom. The van der Waals surface area contributed by atoms with Crippen LogP contribution < -0.4 is 11.1 Å². The van der Waals surface area contributed by atoms with E-state index in [4.69, 9.17) is 5.73 Å². The average molecular weight is 409 g/mol. The molecule has 1 saturated carbocycles. The third-order valence-electron chi connectivity index (χ3n) is 4.02. The Kier molecular flexibility index (Phi) is 6.28. The Morgan fingerprint density at radius 2 is 2.15 bits per heavy atom. The molecule has 3 N–H and O–H groups in total. The van der Waals surface area contributed by atoms with Crippen molar-refractivity contribution < 1.29 is 4.79 Å². The lowest BCUT2D eigenvalue weighted by atomic mass is 9.74. The molecule has 5 heteroatoms. The van der Waals surface area contributed by atoms with Crippen LogP contribution in [0, 0.1) is 16.4 Å². The van der Waals surface area contributed by atoms with E-state index < -0.39 is 0 Å². The second kappa shape index (κ2) is 7.09. The molecular formula is C15H22ClIN2O. The highest BCUT2D eigenvalue weighted by atomic mass is 127. The molecule has 2 atom stereocenters. The highest BCUT2D eigenvalue weighted by molar-refractivity contribution is 14.1. The smallest absolute Gasteiger partial charge is 0.229 e. The summed E-state index contributed by atoms with van der Waals surface area (Å²) >= 11 is 2.27. The molecule has 2 unspecified atom stereocenters. The van der Waals surface area contributed by atoms with Gasteiger partial charge in [-0.2, -0.15) is 0 Å². The van der Waals surface area contributed by atoms with Crippen molar-refractivity contribution in [1.29, 1.82) is 0 Å². The highest BCUT2D eigenvalue weighted by Gasteiger charge is 2.37. The Hall–Kier alpha value is -0.330. The number of nitrogens with two attached hydrogens (primary N) is 1. The van der Waals surface area contributed by atoms with Gasteiger partial charge in [0.2, 0.25) is 5.91 Å². The molecule has 0 spiro atoms. The van der Waals surface area contributed by atoms with Crippen LogP contribution in [-0.4, -0.2) is 11.4 Å². The third kappa shape index (κ3) is 4.09. The van der Waals surface area contributed by atoms with Gasteiger partial charge in [-0.1, -0.05) is 12.8 Å². The van der Waals surface area contributed by atoms with Gasteiger partial charge in [0.25, 0.3) is 0 Å². The maximum absolute atomic E-state index is 12.4. The van der Waals surface area contributed by atoms with Gasteiger partial charge in [-0.15, -0.1) is 12.4 Å². The molecule has 2 rings (SSSR count). The van der Waals surface area contributed by atoms with E-state index in [0.29, 0.717) is 0 Å². The maximum Gasteiger partial charge on any atom is 0.229 e. The molecule has 0 aliphatic heterocycles. The van der Waals surface area contributed by atoms with E-state index in [1.54, 1.807) is 0 Å². The van der Waals surface area contributed by atoms with Crippen LogP contribution in [-0.2, 0) is 4.79 Å². The summed E-state index contributed by atoms with van der Waals surface area (Å²) in [4.78, 5) is 12.4. The first-order valence-corrected chi connectivity index (χ1v) is 7.84. The normalized spacial score (nSPS) is 25.7. The number of hydrogen-bond acceptors (Lipinski definition) is 2. The molecule has 3 nitrogen and oxygen atoms in total. The summed E-state index contributed by atoms with van der Waals surface area (Å²) in [5, 5.41) is 3.04. The van der Waals surface area contributed by atoms with Crippen LogP contribution in [0.4, 0.5) is 5.69 Å². The Bertz CT molecular complexity index is 491. The summed E-state index contributed by atoms with van der Waals surface area (Å²) in [6.45, 7) is 4.01. The van der Waals surface area contributed by atoms with Gasteiger partial charge >= 0.3 is 0 Å². The Morgan fingerprint density at radius 3 is 2.75 bits per heavy atom. The number of hydrogen-bond donors (Lipinski definition) is 2. The second-order valence-electron chi connectivity index (χ2n) is 5.75. The van der Waals surface area contributed by atoms with E-state index in [9.17, 15) is 4.79 Å². The van der Waals surface area contributed by atoms with Gasteiger partial charge in [0.1, 0.15) is 0 Å². The fourth-order valence-corrected chi connectivity index (χ4v) is 3.42. The fourth-order valence-electron chi connectivity index (χ4n) is 2.78. The quantitative estimate of drug-likeness (QED) is 0.730. The predicted molar refractivity (Wildman–Crippen MR) is 94.3 cm³/mol. The van der Waals surface area contributed by atoms with Crippen LogP contribution in [0.15, 0.2) is 18.2 Å². The largest absolute Gasteiger partial charge is 0.326 e. The van der Waals surface area contributed by atoms with Crippen molar-refractivity contribution >= 4 is 46.6 Å². The van der Waals surface area contributed by atoms with Crippen molar-refractivity contribution in [2.45, 2.75) is 45.1 Å². The number of nitrogens with one attached hydrogen (secondary N) is 1. The SMILES string of the molecule is Cc1cc(I)ccc1NC(=O)C1CCCCC1(C)N.Cl. The second-order valence-corrected chi connectivity index (χ2v) is 7.00. The Labute approximate surface area is 140 Å². The number of rotatable bonds is 2. The standard InChI is InChI=1S/C15H21IN2O.ClH/c1-10-9-11(16)6-7-13(10)18-14(19)12-5-3-4-8-15(12,2)17;/h6-7,9,12H,3-5,8,17H2,1-2H3,(H,18,19);1H. The molecule has 0 bridgehead atoms. The number of anilines is 1.